The lowest BCUT2D eigenvalue weighted by molar-refractivity contribution is -0.116. The molecule has 0 unspecified atom stereocenters. The predicted molar refractivity (Wildman–Crippen MR) is 121 cm³/mol. The monoisotopic (exact) mass is 443 g/mol. The van der Waals surface area contributed by atoms with Crippen LogP contribution in [-0.4, -0.2) is 47.3 Å². The molecule has 3 aromatic rings. The highest BCUT2D eigenvalue weighted by Gasteiger charge is 2.20. The quantitative estimate of drug-likeness (QED) is 0.547. The molecule has 0 saturated heterocycles. The number of imidazole rings is 1. The van der Waals surface area contributed by atoms with Crippen LogP contribution in [0.4, 0.5) is 5.82 Å². The van der Waals surface area contributed by atoms with Crippen LogP contribution in [0.15, 0.2) is 41.4 Å². The molecule has 3 rings (SSSR count). The molecule has 166 valence electrons. The van der Waals surface area contributed by atoms with E-state index in [1.807, 2.05) is 13.0 Å². The average Bonchev–Trinajstić information content (AvgIpc) is 3.09. The van der Waals surface area contributed by atoms with E-state index in [4.69, 9.17) is 0 Å². The third-order valence-electron chi connectivity index (χ3n) is 5.07. The van der Waals surface area contributed by atoms with Crippen molar-refractivity contribution in [2.45, 2.75) is 51.0 Å². The minimum Gasteiger partial charge on any atom is -0.328 e. The summed E-state index contributed by atoms with van der Waals surface area (Å²) >= 11 is 0. The van der Waals surface area contributed by atoms with Crippen LogP contribution in [0.2, 0.25) is 0 Å². The van der Waals surface area contributed by atoms with Gasteiger partial charge in [-0.3, -0.25) is 4.79 Å². The van der Waals surface area contributed by atoms with Crippen LogP contribution in [0.3, 0.4) is 0 Å². The molecule has 0 saturated carbocycles. The predicted octanol–water partition coefficient (Wildman–Crippen LogP) is 3.36. The molecule has 0 aliphatic carbocycles. The number of carbonyl (C=O) groups excluding carboxylic acids is 1. The summed E-state index contributed by atoms with van der Waals surface area (Å²) in [4.78, 5) is 21.5. The lowest BCUT2D eigenvalue weighted by Crippen LogP contribution is -2.22. The third kappa shape index (κ3) is 5.29. The third-order valence-corrected chi connectivity index (χ3v) is 6.88. The summed E-state index contributed by atoms with van der Waals surface area (Å²) in [6.45, 7) is 4.82. The zero-order valence-electron chi connectivity index (χ0n) is 18.4. The van der Waals surface area contributed by atoms with Gasteiger partial charge in [-0.05, 0) is 43.2 Å². The van der Waals surface area contributed by atoms with Gasteiger partial charge in [-0.2, -0.15) is 0 Å². The summed E-state index contributed by atoms with van der Waals surface area (Å²) in [6, 6.07) is 8.69. The molecule has 0 radical (unpaired) electrons. The maximum Gasteiger partial charge on any atom is 0.242 e. The van der Waals surface area contributed by atoms with Gasteiger partial charge in [0.15, 0.2) is 0 Å². The van der Waals surface area contributed by atoms with E-state index >= 15 is 0 Å². The Balaban J connectivity index is 1.83. The molecule has 9 heteroatoms. The molecule has 0 atom stereocenters. The standard InChI is InChI=1S/C22H29N5O3S/c1-5-6-13-27-19-9-8-17(31(29,30)26(3)4)14-18(19)24-21(27)11-12-22(28)25-20-10-7-16(2)15-23-20/h7-10,14-15H,5-6,11-13H2,1-4H3,(H,23,25,28). The molecule has 0 aliphatic heterocycles. The van der Waals surface area contributed by atoms with Crippen LogP contribution in [0.1, 0.15) is 37.6 Å². The number of carbonyl (C=O) groups is 1. The van der Waals surface area contributed by atoms with Crippen LogP contribution in [0.5, 0.6) is 0 Å². The molecule has 0 spiro atoms. The number of pyridine rings is 1. The van der Waals surface area contributed by atoms with Crippen molar-refractivity contribution in [1.82, 2.24) is 18.8 Å². The molecule has 0 bridgehead atoms. The number of benzene rings is 1. The van der Waals surface area contributed by atoms with Gasteiger partial charge >= 0.3 is 0 Å². The van der Waals surface area contributed by atoms with E-state index in [0.717, 1.165) is 36.3 Å². The molecule has 2 aromatic heterocycles. The minimum atomic E-state index is -3.54. The summed E-state index contributed by atoms with van der Waals surface area (Å²) in [7, 11) is -0.527. The Bertz CT molecular complexity index is 1170. The second-order valence-electron chi connectivity index (χ2n) is 7.74. The number of fused-ring (bicyclic) bond motifs is 1. The zero-order valence-corrected chi connectivity index (χ0v) is 19.2. The minimum absolute atomic E-state index is 0.138. The number of unbranched alkanes of at least 4 members (excludes halogenated alkanes) is 1. The van der Waals surface area contributed by atoms with E-state index in [0.29, 0.717) is 17.8 Å². The van der Waals surface area contributed by atoms with Gasteiger partial charge in [0.25, 0.3) is 0 Å². The van der Waals surface area contributed by atoms with Crippen molar-refractivity contribution in [3.05, 3.63) is 47.9 Å². The van der Waals surface area contributed by atoms with Gasteiger partial charge in [0.05, 0.1) is 15.9 Å². The number of rotatable bonds is 9. The zero-order chi connectivity index (χ0) is 22.6. The van der Waals surface area contributed by atoms with E-state index in [1.165, 1.54) is 18.4 Å². The van der Waals surface area contributed by atoms with Crippen molar-refractivity contribution < 1.29 is 13.2 Å². The molecule has 2 heterocycles. The largest absolute Gasteiger partial charge is 0.328 e. The summed E-state index contributed by atoms with van der Waals surface area (Å²) in [5.41, 5.74) is 2.52. The number of aromatic nitrogens is 3. The van der Waals surface area contributed by atoms with E-state index in [1.54, 1.807) is 30.5 Å². The van der Waals surface area contributed by atoms with Gasteiger partial charge in [0.2, 0.25) is 15.9 Å². The molecule has 1 N–H and O–H groups in total. The number of amides is 1. The van der Waals surface area contributed by atoms with Gasteiger partial charge in [0, 0.05) is 39.7 Å². The maximum absolute atomic E-state index is 12.5. The molecule has 0 fully saturated rings. The molecule has 8 nitrogen and oxygen atoms in total. The highest BCUT2D eigenvalue weighted by molar-refractivity contribution is 7.89. The number of hydrogen-bond acceptors (Lipinski definition) is 5. The fourth-order valence-electron chi connectivity index (χ4n) is 3.26. The average molecular weight is 444 g/mol. The van der Waals surface area contributed by atoms with E-state index in [2.05, 4.69) is 26.8 Å². The maximum atomic E-state index is 12.5. The van der Waals surface area contributed by atoms with Crippen molar-refractivity contribution in [2.75, 3.05) is 19.4 Å². The summed E-state index contributed by atoms with van der Waals surface area (Å²) < 4.78 is 28.2. The Labute approximate surface area is 183 Å². The summed E-state index contributed by atoms with van der Waals surface area (Å²) in [6.07, 6.45) is 4.40. The molecule has 0 aliphatic rings. The Morgan fingerprint density at radius 1 is 1.19 bits per heavy atom. The van der Waals surface area contributed by atoms with E-state index in [-0.39, 0.29) is 17.2 Å². The lowest BCUT2D eigenvalue weighted by Gasteiger charge is -2.11. The van der Waals surface area contributed by atoms with Crippen molar-refractivity contribution >= 4 is 32.8 Å². The van der Waals surface area contributed by atoms with Crippen molar-refractivity contribution in [3.63, 3.8) is 0 Å². The Kier molecular flexibility index (Phi) is 7.07. The number of hydrogen-bond donors (Lipinski definition) is 1. The number of nitrogens with zero attached hydrogens (tertiary/aromatic N) is 4. The Morgan fingerprint density at radius 2 is 1.97 bits per heavy atom. The molecular weight excluding hydrogens is 414 g/mol. The first kappa shape index (κ1) is 22.9. The van der Waals surface area contributed by atoms with Crippen LogP contribution in [0.25, 0.3) is 11.0 Å². The van der Waals surface area contributed by atoms with Crippen LogP contribution in [0, 0.1) is 6.92 Å². The van der Waals surface area contributed by atoms with Crippen LogP contribution >= 0.6 is 0 Å². The lowest BCUT2D eigenvalue weighted by atomic mass is 10.2. The Hall–Kier alpha value is -2.78. The van der Waals surface area contributed by atoms with Crippen molar-refractivity contribution in [3.8, 4) is 0 Å². The van der Waals surface area contributed by atoms with E-state index < -0.39 is 10.0 Å². The first-order valence-electron chi connectivity index (χ1n) is 10.4. The SMILES string of the molecule is CCCCn1c(CCC(=O)Nc2ccc(C)cn2)nc2cc(S(=O)(=O)N(C)C)ccc21. The van der Waals surface area contributed by atoms with Gasteiger partial charge in [-0.1, -0.05) is 19.4 Å². The van der Waals surface area contributed by atoms with Gasteiger partial charge in [-0.15, -0.1) is 0 Å². The van der Waals surface area contributed by atoms with Gasteiger partial charge < -0.3 is 9.88 Å². The second-order valence-corrected chi connectivity index (χ2v) is 9.89. The normalized spacial score (nSPS) is 11.9. The smallest absolute Gasteiger partial charge is 0.242 e. The first-order chi connectivity index (χ1) is 14.7. The Morgan fingerprint density at radius 3 is 2.61 bits per heavy atom. The van der Waals surface area contributed by atoms with Crippen molar-refractivity contribution in [1.29, 1.82) is 0 Å². The molecular formula is C22H29N5O3S. The molecule has 1 amide bonds. The summed E-state index contributed by atoms with van der Waals surface area (Å²) in [5, 5.41) is 2.81. The van der Waals surface area contributed by atoms with Gasteiger partial charge in [-0.25, -0.2) is 22.7 Å². The number of anilines is 1. The topological polar surface area (TPSA) is 97.2 Å². The first-order valence-corrected chi connectivity index (χ1v) is 11.8. The number of nitrogens with one attached hydrogen (secondary N) is 1. The number of aryl methyl sites for hydroxylation is 3. The van der Waals surface area contributed by atoms with Gasteiger partial charge in [0.1, 0.15) is 11.6 Å². The highest BCUT2D eigenvalue weighted by atomic mass is 32.2. The van der Waals surface area contributed by atoms with E-state index in [9.17, 15) is 13.2 Å². The number of sulfonamides is 1. The summed E-state index contributed by atoms with van der Waals surface area (Å²) in [5.74, 6) is 1.16. The highest BCUT2D eigenvalue weighted by Crippen LogP contribution is 2.23. The molecule has 1 aromatic carbocycles. The fourth-order valence-corrected chi connectivity index (χ4v) is 4.18. The second kappa shape index (κ2) is 9.57. The van der Waals surface area contributed by atoms with Crippen molar-refractivity contribution in [2.24, 2.45) is 0 Å². The fraction of sp³-hybridized carbons (Fsp3) is 0.409. The van der Waals surface area contributed by atoms with Crippen LogP contribution < -0.4 is 5.32 Å². The molecule has 31 heavy (non-hydrogen) atoms. The van der Waals surface area contributed by atoms with Crippen LogP contribution in [-0.2, 0) is 27.8 Å².